The lowest BCUT2D eigenvalue weighted by Crippen LogP contribution is -2.52. The van der Waals surface area contributed by atoms with Gasteiger partial charge in [-0.2, -0.15) is 0 Å². The van der Waals surface area contributed by atoms with Crippen LogP contribution in [0.2, 0.25) is 0 Å². The van der Waals surface area contributed by atoms with Gasteiger partial charge in [-0.15, -0.1) is 0 Å². The number of unbranched alkanes of at least 4 members (excludes halogenated alkanes) is 1. The van der Waals surface area contributed by atoms with Crippen LogP contribution in [-0.2, 0) is 26.2 Å². The number of amides is 2. The summed E-state index contributed by atoms with van der Waals surface area (Å²) in [6, 6.07) is 9.99. The molecule has 0 saturated heterocycles. The topological polar surface area (TPSA) is 139 Å². The molecule has 0 bridgehead atoms. The van der Waals surface area contributed by atoms with E-state index < -0.39 is 33.4 Å². The number of carbonyl (C=O) groups is 2. The Hall–Kier alpha value is -3.67. The van der Waals surface area contributed by atoms with Crippen LogP contribution in [-0.4, -0.2) is 62.6 Å². The van der Waals surface area contributed by atoms with Crippen molar-refractivity contribution in [2.45, 2.75) is 52.6 Å². The van der Waals surface area contributed by atoms with Crippen LogP contribution in [0.4, 0.5) is 11.4 Å². The molecule has 12 heteroatoms. The normalized spacial score (nSPS) is 11.9. The fraction of sp³-hybridized carbons (Fsp3) is 0.462. The first-order valence-electron chi connectivity index (χ1n) is 12.4. The van der Waals surface area contributed by atoms with Crippen molar-refractivity contribution in [1.29, 1.82) is 0 Å². The number of rotatable bonds is 14. The number of nitro groups is 1. The molecular weight excluding hydrogens is 512 g/mol. The van der Waals surface area contributed by atoms with Crippen molar-refractivity contribution < 1.29 is 27.7 Å². The van der Waals surface area contributed by atoms with Gasteiger partial charge in [0, 0.05) is 25.2 Å². The van der Waals surface area contributed by atoms with Crippen molar-refractivity contribution in [1.82, 2.24) is 10.2 Å². The molecule has 11 nitrogen and oxygen atoms in total. The molecule has 0 spiro atoms. The number of sulfonamides is 1. The first-order chi connectivity index (χ1) is 17.9. The highest BCUT2D eigenvalue weighted by Gasteiger charge is 2.32. The Kier molecular flexibility index (Phi) is 11.1. The highest BCUT2D eigenvalue weighted by Crippen LogP contribution is 2.28. The van der Waals surface area contributed by atoms with Gasteiger partial charge >= 0.3 is 0 Å². The molecule has 208 valence electrons. The number of nitrogens with one attached hydrogen (secondary N) is 1. The fourth-order valence-electron chi connectivity index (χ4n) is 3.97. The number of aryl methyl sites for hydroxylation is 1. The van der Waals surface area contributed by atoms with Gasteiger partial charge < -0.3 is 15.0 Å². The van der Waals surface area contributed by atoms with Crippen molar-refractivity contribution in [3.8, 4) is 5.75 Å². The molecule has 0 aliphatic rings. The van der Waals surface area contributed by atoms with Crippen LogP contribution in [0.15, 0.2) is 42.5 Å². The number of non-ortho nitro benzene ring substituents is 1. The van der Waals surface area contributed by atoms with Gasteiger partial charge in [0.1, 0.15) is 18.3 Å². The summed E-state index contributed by atoms with van der Waals surface area (Å²) in [5.74, 6) is -0.392. The minimum Gasteiger partial charge on any atom is -0.497 e. The van der Waals surface area contributed by atoms with E-state index in [2.05, 4.69) is 5.32 Å². The summed E-state index contributed by atoms with van der Waals surface area (Å²) in [4.78, 5) is 38.9. The predicted octanol–water partition coefficient (Wildman–Crippen LogP) is 3.40. The van der Waals surface area contributed by atoms with Crippen LogP contribution in [0.25, 0.3) is 0 Å². The van der Waals surface area contributed by atoms with E-state index in [1.807, 2.05) is 6.92 Å². The zero-order valence-corrected chi connectivity index (χ0v) is 23.3. The maximum atomic E-state index is 13.8. The highest BCUT2D eigenvalue weighted by molar-refractivity contribution is 7.92. The maximum Gasteiger partial charge on any atom is 0.271 e. The van der Waals surface area contributed by atoms with E-state index in [-0.39, 0.29) is 23.8 Å². The Labute approximate surface area is 224 Å². The summed E-state index contributed by atoms with van der Waals surface area (Å²) in [6.07, 6.45) is 2.89. The molecule has 0 radical (unpaired) electrons. The minimum atomic E-state index is -4.02. The molecule has 1 atom stereocenters. The lowest BCUT2D eigenvalue weighted by atomic mass is 10.1. The number of benzene rings is 2. The van der Waals surface area contributed by atoms with Crippen LogP contribution in [0, 0.1) is 17.0 Å². The average Bonchev–Trinajstić information content (AvgIpc) is 2.87. The third kappa shape index (κ3) is 8.17. The monoisotopic (exact) mass is 548 g/mol. The third-order valence-corrected chi connectivity index (χ3v) is 7.18. The van der Waals surface area contributed by atoms with E-state index in [0.29, 0.717) is 29.8 Å². The smallest absolute Gasteiger partial charge is 0.271 e. The zero-order valence-electron chi connectivity index (χ0n) is 22.5. The SMILES string of the molecule is CCCCNC(=O)[C@H](CC)N(Cc1cccc(OC)c1)C(=O)CN(c1cc([N+](=O)[O-])ccc1C)S(C)(=O)=O. The number of methoxy groups -OCH3 is 1. The largest absolute Gasteiger partial charge is 0.497 e. The molecular formula is C26H36N4O7S. The van der Waals surface area contributed by atoms with Crippen LogP contribution < -0.4 is 14.4 Å². The summed E-state index contributed by atoms with van der Waals surface area (Å²) in [5, 5.41) is 14.2. The molecule has 0 saturated carbocycles. The first kappa shape index (κ1) is 30.6. The molecule has 0 fully saturated rings. The number of hydrogen-bond acceptors (Lipinski definition) is 7. The Morgan fingerprint density at radius 1 is 1.16 bits per heavy atom. The van der Waals surface area contributed by atoms with Crippen LogP contribution in [0.3, 0.4) is 0 Å². The molecule has 2 rings (SSSR count). The van der Waals surface area contributed by atoms with Gasteiger partial charge in [0.25, 0.3) is 5.69 Å². The van der Waals surface area contributed by atoms with Crippen molar-refractivity contribution in [3.63, 3.8) is 0 Å². The number of hydrogen-bond donors (Lipinski definition) is 1. The van der Waals surface area contributed by atoms with Crippen molar-refractivity contribution in [2.75, 3.05) is 30.8 Å². The lowest BCUT2D eigenvalue weighted by molar-refractivity contribution is -0.384. The summed E-state index contributed by atoms with van der Waals surface area (Å²) < 4.78 is 31.7. The molecule has 0 unspecified atom stereocenters. The van der Waals surface area contributed by atoms with E-state index in [1.54, 1.807) is 38.1 Å². The summed E-state index contributed by atoms with van der Waals surface area (Å²) in [5.41, 5.74) is 0.853. The molecule has 0 aromatic heterocycles. The molecule has 2 aromatic carbocycles. The summed E-state index contributed by atoms with van der Waals surface area (Å²) in [6.45, 7) is 5.22. The Balaban J connectivity index is 2.51. The van der Waals surface area contributed by atoms with Crippen molar-refractivity contribution >= 4 is 33.2 Å². The number of anilines is 1. The Morgan fingerprint density at radius 2 is 1.87 bits per heavy atom. The van der Waals surface area contributed by atoms with E-state index in [1.165, 1.54) is 24.1 Å². The molecule has 0 aliphatic carbocycles. The summed E-state index contributed by atoms with van der Waals surface area (Å²) >= 11 is 0. The Morgan fingerprint density at radius 3 is 2.45 bits per heavy atom. The second-order valence-corrected chi connectivity index (χ2v) is 10.8. The molecule has 0 aliphatic heterocycles. The van der Waals surface area contributed by atoms with E-state index in [4.69, 9.17) is 4.74 Å². The molecule has 1 N–H and O–H groups in total. The number of carbonyl (C=O) groups excluding carboxylic acids is 2. The molecule has 0 heterocycles. The lowest BCUT2D eigenvalue weighted by Gasteiger charge is -2.33. The Bertz CT molecular complexity index is 1250. The number of nitrogens with zero attached hydrogens (tertiary/aromatic N) is 3. The third-order valence-electron chi connectivity index (χ3n) is 6.05. The van der Waals surface area contributed by atoms with Gasteiger partial charge in [-0.05, 0) is 43.0 Å². The van der Waals surface area contributed by atoms with E-state index in [9.17, 15) is 28.1 Å². The van der Waals surface area contributed by atoms with Crippen LogP contribution >= 0.6 is 0 Å². The highest BCUT2D eigenvalue weighted by atomic mass is 32.2. The van der Waals surface area contributed by atoms with Crippen LogP contribution in [0.1, 0.15) is 44.2 Å². The quantitative estimate of drug-likeness (QED) is 0.217. The van der Waals surface area contributed by atoms with Crippen molar-refractivity contribution in [2.24, 2.45) is 0 Å². The van der Waals surface area contributed by atoms with E-state index >= 15 is 0 Å². The van der Waals surface area contributed by atoms with Gasteiger partial charge in [0.15, 0.2) is 0 Å². The van der Waals surface area contributed by atoms with Gasteiger partial charge in [-0.25, -0.2) is 8.42 Å². The minimum absolute atomic E-state index is 0.0248. The first-order valence-corrected chi connectivity index (χ1v) is 14.2. The second kappa shape index (κ2) is 13.8. The number of nitro benzene ring substituents is 1. The standard InChI is InChI=1S/C26H36N4O7S/c1-6-8-14-27-26(32)23(7-2)28(17-20-10-9-11-22(15-20)37-4)25(31)18-29(38(5,35)36)24-16-21(30(33)34)13-12-19(24)3/h9-13,15-16,23H,6-8,14,17-18H2,1-5H3,(H,27,32)/t23-/m0/s1. The van der Waals surface area contributed by atoms with Crippen LogP contribution in [0.5, 0.6) is 5.75 Å². The van der Waals surface area contributed by atoms with Gasteiger partial charge in [-0.1, -0.05) is 38.5 Å². The second-order valence-electron chi connectivity index (χ2n) is 8.94. The van der Waals surface area contributed by atoms with Crippen molar-refractivity contribution in [3.05, 3.63) is 63.7 Å². The van der Waals surface area contributed by atoms with Gasteiger partial charge in [-0.3, -0.25) is 24.0 Å². The fourth-order valence-corrected chi connectivity index (χ4v) is 4.87. The molecule has 2 aromatic rings. The van der Waals surface area contributed by atoms with Gasteiger partial charge in [0.2, 0.25) is 21.8 Å². The predicted molar refractivity (Wildman–Crippen MR) is 146 cm³/mol. The average molecular weight is 549 g/mol. The number of ether oxygens (including phenoxy) is 1. The zero-order chi connectivity index (χ0) is 28.5. The maximum absolute atomic E-state index is 13.8. The van der Waals surface area contributed by atoms with Gasteiger partial charge in [0.05, 0.1) is 24.0 Å². The molecule has 38 heavy (non-hydrogen) atoms. The van der Waals surface area contributed by atoms with E-state index in [0.717, 1.165) is 29.5 Å². The summed E-state index contributed by atoms with van der Waals surface area (Å²) in [7, 11) is -2.51. The molecule has 2 amide bonds.